The molecule has 7 atom stereocenters. The highest BCUT2D eigenvalue weighted by atomic mass is 16.4. The van der Waals surface area contributed by atoms with Crippen LogP contribution in [0.5, 0.6) is 0 Å². The van der Waals surface area contributed by atoms with E-state index in [9.17, 15) is 43.5 Å². The number of carbonyl (C=O) groups is 8. The van der Waals surface area contributed by atoms with Gasteiger partial charge >= 0.3 is 5.97 Å². The zero-order valence-corrected chi connectivity index (χ0v) is 33.8. The highest BCUT2D eigenvalue weighted by Gasteiger charge is 2.34. The molecule has 1 saturated heterocycles. The number of carbonyl (C=O) groups excluding carboxylic acids is 7. The lowest BCUT2D eigenvalue weighted by Gasteiger charge is -2.28. The summed E-state index contributed by atoms with van der Waals surface area (Å²) < 4.78 is 0. The summed E-state index contributed by atoms with van der Waals surface area (Å²) in [4.78, 5) is 108. The maximum Gasteiger partial charge on any atom is 0.303 e. The van der Waals surface area contributed by atoms with Gasteiger partial charge in [-0.25, -0.2) is 0 Å². The number of fused-ring (bicyclic) bond motifs is 1. The molecule has 318 valence electrons. The molecule has 0 bridgehead atoms. The average Bonchev–Trinajstić information content (AvgIpc) is 3.90. The Labute approximate surface area is 343 Å². The van der Waals surface area contributed by atoms with Gasteiger partial charge in [0.25, 0.3) is 0 Å². The van der Waals surface area contributed by atoms with E-state index in [2.05, 4.69) is 42.2 Å². The first-order valence-corrected chi connectivity index (χ1v) is 20.0. The standard InChI is InChI=1S/C42H56N8O9/c1-24(2)19-33(40(57)50-34(20-27-11-6-5-7-12-27)41(58)47-32(16-17-36(52)53)39(56)45-25(3)23-51)49-42(59)35(21-28-22-44-30-14-9-8-13-29(28)30)48-37(54)26(4)46-38(55)31-15-10-18-43-31/h5-9,11-14,22-26,31-35,43-44H,10,15-21H2,1-4H3,(H,45,56)(H,46,55)(H,47,58)(H,48,54)(H,49,59)(H,50,57)(H,52,53)/t25-,26-,31-,32-,33-,34-,35-/m0/s1. The highest BCUT2D eigenvalue weighted by Crippen LogP contribution is 2.20. The molecule has 1 fully saturated rings. The predicted molar refractivity (Wildman–Crippen MR) is 218 cm³/mol. The Hall–Kier alpha value is -6.10. The van der Waals surface area contributed by atoms with Gasteiger partial charge in [0, 0.05) is 36.4 Å². The summed E-state index contributed by atoms with van der Waals surface area (Å²) >= 11 is 0. The van der Waals surface area contributed by atoms with E-state index in [0.717, 1.165) is 22.9 Å². The lowest BCUT2D eigenvalue weighted by atomic mass is 9.99. The van der Waals surface area contributed by atoms with E-state index in [1.54, 1.807) is 36.5 Å². The molecule has 2 heterocycles. The third-order valence-electron chi connectivity index (χ3n) is 9.97. The van der Waals surface area contributed by atoms with Crippen LogP contribution in [0.25, 0.3) is 10.9 Å². The van der Waals surface area contributed by atoms with Crippen LogP contribution in [-0.4, -0.2) is 107 Å². The smallest absolute Gasteiger partial charge is 0.303 e. The Morgan fingerprint density at radius 2 is 1.32 bits per heavy atom. The number of hydrogen-bond acceptors (Lipinski definition) is 9. The number of aliphatic carboxylic acids is 1. The zero-order valence-electron chi connectivity index (χ0n) is 33.8. The largest absolute Gasteiger partial charge is 0.481 e. The van der Waals surface area contributed by atoms with Gasteiger partial charge in [-0.2, -0.15) is 0 Å². The Kier molecular flexibility index (Phi) is 17.1. The Bertz CT molecular complexity index is 1950. The van der Waals surface area contributed by atoms with Crippen molar-refractivity contribution in [3.05, 3.63) is 71.9 Å². The molecule has 1 aromatic heterocycles. The SMILES string of the molecule is CC(C)C[C@H](NC(=O)[C@H](Cc1c[nH]c2ccccc12)NC(=O)[C@H](C)NC(=O)[C@@H]1CCCN1)C(=O)N[C@@H](Cc1ccccc1)C(=O)N[C@@H](CCC(=O)O)C(=O)N[C@@H](C)C=O. The fraction of sp³-hybridized carbons (Fsp3) is 0.476. The van der Waals surface area contributed by atoms with Crippen LogP contribution in [-0.2, 0) is 51.2 Å². The quantitative estimate of drug-likeness (QED) is 0.0644. The van der Waals surface area contributed by atoms with E-state index in [1.807, 2.05) is 38.1 Å². The molecule has 1 aliphatic heterocycles. The van der Waals surface area contributed by atoms with Crippen molar-refractivity contribution in [1.82, 2.24) is 42.2 Å². The van der Waals surface area contributed by atoms with Gasteiger partial charge in [0.2, 0.25) is 35.4 Å². The van der Waals surface area contributed by atoms with Gasteiger partial charge in [0.05, 0.1) is 12.1 Å². The number of carboxylic acid groups (broad SMARTS) is 1. The van der Waals surface area contributed by atoms with E-state index in [4.69, 9.17) is 0 Å². The minimum absolute atomic E-state index is 0.0298. The van der Waals surface area contributed by atoms with Crippen molar-refractivity contribution >= 4 is 58.6 Å². The Morgan fingerprint density at radius 1 is 0.729 bits per heavy atom. The molecule has 6 amide bonds. The first-order chi connectivity index (χ1) is 28.1. The van der Waals surface area contributed by atoms with Crippen molar-refractivity contribution in [1.29, 1.82) is 0 Å². The maximum atomic E-state index is 14.3. The molecule has 0 radical (unpaired) electrons. The molecule has 59 heavy (non-hydrogen) atoms. The van der Waals surface area contributed by atoms with Gasteiger partial charge in [0.15, 0.2) is 0 Å². The molecule has 0 unspecified atom stereocenters. The summed E-state index contributed by atoms with van der Waals surface area (Å²) in [6.45, 7) is 7.34. The molecule has 0 spiro atoms. The molecule has 9 N–H and O–H groups in total. The number of aldehydes is 1. The molecule has 17 heteroatoms. The summed E-state index contributed by atoms with van der Waals surface area (Å²) in [6, 6.07) is 8.87. The molecule has 4 rings (SSSR count). The van der Waals surface area contributed by atoms with Gasteiger partial charge in [-0.15, -0.1) is 0 Å². The Morgan fingerprint density at radius 3 is 1.97 bits per heavy atom. The normalized spacial score (nSPS) is 16.7. The summed E-state index contributed by atoms with van der Waals surface area (Å²) in [5, 5.41) is 29.2. The third kappa shape index (κ3) is 14.1. The third-order valence-corrected chi connectivity index (χ3v) is 9.97. The number of rotatable bonds is 22. The molecular formula is C42H56N8O9. The number of H-pyrrole nitrogens is 1. The number of aromatic nitrogens is 1. The van der Waals surface area contributed by atoms with Crippen LogP contribution >= 0.6 is 0 Å². The summed E-state index contributed by atoms with van der Waals surface area (Å²) in [5.74, 6) is -5.24. The van der Waals surface area contributed by atoms with Gasteiger partial charge in [-0.1, -0.05) is 62.4 Å². The summed E-state index contributed by atoms with van der Waals surface area (Å²) in [5.41, 5.74) is 2.20. The number of nitrogens with one attached hydrogen (secondary N) is 8. The van der Waals surface area contributed by atoms with Crippen LogP contribution in [0, 0.1) is 5.92 Å². The molecular weight excluding hydrogens is 761 g/mol. The fourth-order valence-electron chi connectivity index (χ4n) is 6.79. The van der Waals surface area contributed by atoms with E-state index in [1.165, 1.54) is 13.8 Å². The first-order valence-electron chi connectivity index (χ1n) is 20.0. The molecule has 17 nitrogen and oxygen atoms in total. The first kappa shape index (κ1) is 45.6. The fourth-order valence-corrected chi connectivity index (χ4v) is 6.79. The van der Waals surface area contributed by atoms with Crippen LogP contribution in [0.1, 0.15) is 70.9 Å². The number of aromatic amines is 1. The van der Waals surface area contributed by atoms with Crippen molar-refractivity contribution in [3.8, 4) is 0 Å². The molecule has 3 aromatic rings. The highest BCUT2D eigenvalue weighted by molar-refractivity contribution is 5.97. The van der Waals surface area contributed by atoms with Gasteiger partial charge in [-0.3, -0.25) is 33.6 Å². The van der Waals surface area contributed by atoms with Crippen molar-refractivity contribution in [3.63, 3.8) is 0 Å². The lowest BCUT2D eigenvalue weighted by molar-refractivity contribution is -0.138. The van der Waals surface area contributed by atoms with Crippen LogP contribution in [0.4, 0.5) is 0 Å². The van der Waals surface area contributed by atoms with Crippen molar-refractivity contribution in [2.75, 3.05) is 6.54 Å². The minimum atomic E-state index is -1.35. The maximum absolute atomic E-state index is 14.3. The lowest BCUT2D eigenvalue weighted by Crippen LogP contribution is -2.60. The average molecular weight is 817 g/mol. The monoisotopic (exact) mass is 816 g/mol. The van der Waals surface area contributed by atoms with Crippen LogP contribution < -0.4 is 37.2 Å². The number of para-hydroxylation sites is 1. The minimum Gasteiger partial charge on any atom is -0.481 e. The number of carboxylic acids is 1. The number of benzene rings is 2. The van der Waals surface area contributed by atoms with E-state index in [0.29, 0.717) is 24.8 Å². The topological polar surface area (TPSA) is 257 Å². The van der Waals surface area contributed by atoms with Gasteiger partial charge in [0.1, 0.15) is 36.5 Å². The van der Waals surface area contributed by atoms with E-state index >= 15 is 0 Å². The van der Waals surface area contributed by atoms with Crippen LogP contribution in [0.2, 0.25) is 0 Å². The second kappa shape index (κ2) is 22.2. The molecule has 2 aromatic carbocycles. The van der Waals surface area contributed by atoms with Crippen molar-refractivity contribution in [2.24, 2.45) is 5.92 Å². The van der Waals surface area contributed by atoms with Crippen LogP contribution in [0.15, 0.2) is 60.8 Å². The zero-order chi connectivity index (χ0) is 43.1. The number of amides is 6. The van der Waals surface area contributed by atoms with Crippen molar-refractivity contribution in [2.45, 2.75) is 115 Å². The van der Waals surface area contributed by atoms with E-state index in [-0.39, 0.29) is 37.5 Å². The predicted octanol–water partition coefficient (Wildman–Crippen LogP) is 0.764. The molecule has 0 aliphatic carbocycles. The van der Waals surface area contributed by atoms with Gasteiger partial charge in [-0.05, 0) is 69.2 Å². The summed E-state index contributed by atoms with van der Waals surface area (Å²) in [7, 11) is 0. The second-order valence-electron chi connectivity index (χ2n) is 15.4. The van der Waals surface area contributed by atoms with Crippen molar-refractivity contribution < 1.29 is 43.5 Å². The Balaban J connectivity index is 1.58. The van der Waals surface area contributed by atoms with Crippen LogP contribution in [0.3, 0.4) is 0 Å². The summed E-state index contributed by atoms with van der Waals surface area (Å²) in [6.07, 6.45) is 3.08. The van der Waals surface area contributed by atoms with Gasteiger partial charge < -0.3 is 52.1 Å². The molecule has 0 saturated carbocycles. The second-order valence-corrected chi connectivity index (χ2v) is 15.4. The number of hydrogen-bond donors (Lipinski definition) is 9. The van der Waals surface area contributed by atoms with E-state index < -0.39 is 84.2 Å². The molecule has 1 aliphatic rings.